The van der Waals surface area contributed by atoms with Crippen LogP contribution < -0.4 is 4.90 Å². The van der Waals surface area contributed by atoms with Crippen LogP contribution in [0.3, 0.4) is 0 Å². The topological polar surface area (TPSA) is 49.7 Å². The molecule has 2 amide bonds. The second-order valence-electron chi connectivity index (χ2n) is 4.92. The van der Waals surface area contributed by atoms with Gasteiger partial charge in [0.2, 0.25) is 5.91 Å². The van der Waals surface area contributed by atoms with E-state index in [9.17, 15) is 9.59 Å². The summed E-state index contributed by atoms with van der Waals surface area (Å²) in [7, 11) is 0. The predicted molar refractivity (Wildman–Crippen MR) is 89.3 cm³/mol. The first-order valence-electron chi connectivity index (χ1n) is 6.85. The normalized spacial score (nSPS) is 16.3. The van der Waals surface area contributed by atoms with Gasteiger partial charge in [-0.25, -0.2) is 0 Å². The lowest BCUT2D eigenvalue weighted by Gasteiger charge is -2.15. The van der Waals surface area contributed by atoms with Crippen LogP contribution in [0.15, 0.2) is 59.6 Å². The first-order chi connectivity index (χ1) is 10.6. The van der Waals surface area contributed by atoms with E-state index in [2.05, 4.69) is 4.99 Å². The van der Waals surface area contributed by atoms with E-state index in [-0.39, 0.29) is 11.8 Å². The Bertz CT molecular complexity index is 739. The fraction of sp³-hybridized carbons (Fsp3) is 0.118. The molecule has 1 saturated heterocycles. The zero-order valence-electron chi connectivity index (χ0n) is 12.0. The lowest BCUT2D eigenvalue weighted by Crippen LogP contribution is -2.29. The highest BCUT2D eigenvalue weighted by Gasteiger charge is 2.30. The lowest BCUT2D eigenvalue weighted by molar-refractivity contribution is -0.115. The molecule has 0 saturated carbocycles. The number of anilines is 1. The standard InChI is InChI=1S/C17H14N2O2S/c1-12-7-9-14(10-8-12)19-15(20)11-22-17(19)18-16(21)13-5-3-2-4-6-13/h2-10H,11H2,1H3. The third-order valence-electron chi connectivity index (χ3n) is 3.28. The van der Waals surface area contributed by atoms with Crippen molar-refractivity contribution in [2.75, 3.05) is 10.7 Å². The van der Waals surface area contributed by atoms with Crippen molar-refractivity contribution in [3.05, 3.63) is 65.7 Å². The van der Waals surface area contributed by atoms with E-state index in [0.717, 1.165) is 11.3 Å². The Hall–Kier alpha value is -2.40. The van der Waals surface area contributed by atoms with E-state index < -0.39 is 0 Å². The maximum Gasteiger partial charge on any atom is 0.279 e. The largest absolute Gasteiger partial charge is 0.279 e. The SMILES string of the molecule is Cc1ccc(N2C(=O)CSC2=NC(=O)c2ccccc2)cc1. The average molecular weight is 310 g/mol. The molecule has 0 N–H and O–H groups in total. The van der Waals surface area contributed by atoms with Crippen molar-refractivity contribution < 1.29 is 9.59 Å². The zero-order chi connectivity index (χ0) is 15.5. The summed E-state index contributed by atoms with van der Waals surface area (Å²) in [6.45, 7) is 1.98. The Morgan fingerprint density at radius 2 is 1.77 bits per heavy atom. The Kier molecular flexibility index (Phi) is 4.06. The number of hydrogen-bond donors (Lipinski definition) is 0. The Morgan fingerprint density at radius 1 is 1.09 bits per heavy atom. The number of amidine groups is 1. The van der Waals surface area contributed by atoms with E-state index in [0.29, 0.717) is 16.5 Å². The summed E-state index contributed by atoms with van der Waals surface area (Å²) in [5, 5.41) is 0.433. The van der Waals surface area contributed by atoms with Crippen molar-refractivity contribution in [2.24, 2.45) is 4.99 Å². The van der Waals surface area contributed by atoms with Crippen LogP contribution in [0.1, 0.15) is 15.9 Å². The van der Waals surface area contributed by atoms with Crippen LogP contribution in [0.2, 0.25) is 0 Å². The van der Waals surface area contributed by atoms with Crippen LogP contribution in [0.5, 0.6) is 0 Å². The maximum atomic E-state index is 12.2. The van der Waals surface area contributed by atoms with Crippen LogP contribution in [0.25, 0.3) is 0 Å². The number of carbonyl (C=O) groups excluding carboxylic acids is 2. The number of thioether (sulfide) groups is 1. The molecular weight excluding hydrogens is 296 g/mol. The third kappa shape index (κ3) is 2.94. The molecule has 1 heterocycles. The molecule has 0 spiro atoms. The number of amides is 2. The van der Waals surface area contributed by atoms with Crippen LogP contribution in [-0.4, -0.2) is 22.7 Å². The van der Waals surface area contributed by atoms with Gasteiger partial charge < -0.3 is 0 Å². The van der Waals surface area contributed by atoms with Gasteiger partial charge in [0.1, 0.15) is 0 Å². The van der Waals surface area contributed by atoms with E-state index in [1.54, 1.807) is 24.3 Å². The molecule has 5 heteroatoms. The fourth-order valence-corrected chi connectivity index (χ4v) is 2.99. The monoisotopic (exact) mass is 310 g/mol. The van der Waals surface area contributed by atoms with Crippen molar-refractivity contribution >= 4 is 34.4 Å². The Labute approximate surface area is 132 Å². The smallest absolute Gasteiger partial charge is 0.273 e. The number of hydrogen-bond acceptors (Lipinski definition) is 3. The van der Waals surface area contributed by atoms with E-state index in [4.69, 9.17) is 0 Å². The minimum Gasteiger partial charge on any atom is -0.273 e. The molecule has 0 radical (unpaired) electrons. The summed E-state index contributed by atoms with van der Waals surface area (Å²) in [6.07, 6.45) is 0. The van der Waals surface area contributed by atoms with Crippen molar-refractivity contribution in [3.8, 4) is 0 Å². The summed E-state index contributed by atoms with van der Waals surface area (Å²) in [4.78, 5) is 29.9. The molecule has 22 heavy (non-hydrogen) atoms. The first kappa shape index (κ1) is 14.5. The van der Waals surface area contributed by atoms with Gasteiger partial charge in [-0.2, -0.15) is 4.99 Å². The molecular formula is C17H14N2O2S. The Balaban J connectivity index is 1.92. The van der Waals surface area contributed by atoms with Crippen molar-refractivity contribution in [1.82, 2.24) is 0 Å². The van der Waals surface area contributed by atoms with Gasteiger partial charge in [0.05, 0.1) is 11.4 Å². The fourth-order valence-electron chi connectivity index (χ4n) is 2.12. The number of rotatable bonds is 2. The second-order valence-corrected chi connectivity index (χ2v) is 5.86. The quantitative estimate of drug-likeness (QED) is 0.855. The maximum absolute atomic E-state index is 12.2. The number of carbonyl (C=O) groups is 2. The van der Waals surface area contributed by atoms with Crippen molar-refractivity contribution in [3.63, 3.8) is 0 Å². The zero-order valence-corrected chi connectivity index (χ0v) is 12.8. The van der Waals surface area contributed by atoms with Gasteiger partial charge in [0.15, 0.2) is 5.17 Å². The molecule has 0 aromatic heterocycles. The molecule has 110 valence electrons. The average Bonchev–Trinajstić information content (AvgIpc) is 2.90. The molecule has 2 aromatic carbocycles. The molecule has 4 nitrogen and oxygen atoms in total. The van der Waals surface area contributed by atoms with Gasteiger partial charge in [0.25, 0.3) is 5.91 Å². The number of aliphatic imine (C=N–C) groups is 1. The molecule has 0 aliphatic carbocycles. The third-order valence-corrected chi connectivity index (χ3v) is 4.20. The van der Waals surface area contributed by atoms with Crippen LogP contribution in [0.4, 0.5) is 5.69 Å². The van der Waals surface area contributed by atoms with E-state index >= 15 is 0 Å². The number of nitrogens with zero attached hydrogens (tertiary/aromatic N) is 2. The van der Waals surface area contributed by atoms with Gasteiger partial charge in [0, 0.05) is 5.56 Å². The van der Waals surface area contributed by atoms with Gasteiger partial charge in [-0.1, -0.05) is 47.7 Å². The van der Waals surface area contributed by atoms with Crippen molar-refractivity contribution in [2.45, 2.75) is 6.92 Å². The highest BCUT2D eigenvalue weighted by atomic mass is 32.2. The first-order valence-corrected chi connectivity index (χ1v) is 7.84. The Morgan fingerprint density at radius 3 is 2.45 bits per heavy atom. The molecule has 1 fully saturated rings. The molecule has 1 aliphatic heterocycles. The summed E-state index contributed by atoms with van der Waals surface area (Å²) in [6, 6.07) is 16.4. The highest BCUT2D eigenvalue weighted by molar-refractivity contribution is 8.15. The minimum atomic E-state index is -0.338. The van der Waals surface area contributed by atoms with Gasteiger partial charge in [-0.15, -0.1) is 0 Å². The number of aryl methyl sites for hydroxylation is 1. The summed E-state index contributed by atoms with van der Waals surface area (Å²) < 4.78 is 0. The van der Waals surface area contributed by atoms with Gasteiger partial charge >= 0.3 is 0 Å². The lowest BCUT2D eigenvalue weighted by atomic mass is 10.2. The minimum absolute atomic E-state index is 0.0616. The molecule has 0 bridgehead atoms. The molecule has 1 aliphatic rings. The van der Waals surface area contributed by atoms with Crippen LogP contribution >= 0.6 is 11.8 Å². The van der Waals surface area contributed by atoms with E-state index in [1.165, 1.54) is 16.7 Å². The highest BCUT2D eigenvalue weighted by Crippen LogP contribution is 2.27. The van der Waals surface area contributed by atoms with Gasteiger partial charge in [-0.05, 0) is 31.2 Å². The molecule has 0 atom stereocenters. The van der Waals surface area contributed by atoms with Gasteiger partial charge in [-0.3, -0.25) is 14.5 Å². The van der Waals surface area contributed by atoms with Crippen LogP contribution in [-0.2, 0) is 4.79 Å². The summed E-state index contributed by atoms with van der Waals surface area (Å²) in [5.41, 5.74) is 2.36. The van der Waals surface area contributed by atoms with E-state index in [1.807, 2.05) is 37.3 Å². The molecule has 2 aromatic rings. The molecule has 3 rings (SSSR count). The molecule has 0 unspecified atom stereocenters. The number of benzene rings is 2. The predicted octanol–water partition coefficient (Wildman–Crippen LogP) is 3.27. The van der Waals surface area contributed by atoms with Crippen molar-refractivity contribution in [1.29, 1.82) is 0 Å². The summed E-state index contributed by atoms with van der Waals surface area (Å²) in [5.74, 6) is -0.0993. The second kappa shape index (κ2) is 6.15. The summed E-state index contributed by atoms with van der Waals surface area (Å²) >= 11 is 1.29. The van der Waals surface area contributed by atoms with Crippen LogP contribution in [0, 0.1) is 6.92 Å².